The van der Waals surface area contributed by atoms with Crippen LogP contribution in [0.5, 0.6) is 5.75 Å². The third-order valence-electron chi connectivity index (χ3n) is 2.69. The molecule has 1 heterocycles. The molecule has 4 nitrogen and oxygen atoms in total. The first-order chi connectivity index (χ1) is 9.69. The SMILES string of the molecule is CCOc1cc(C)ccc1NC(=O)NCc1cccs1. The maximum atomic E-state index is 11.9. The topological polar surface area (TPSA) is 50.4 Å². The van der Waals surface area contributed by atoms with Crippen molar-refractivity contribution in [2.75, 3.05) is 11.9 Å². The molecule has 0 aliphatic heterocycles. The standard InChI is InChI=1S/C15H18N2O2S/c1-3-19-14-9-11(2)6-7-13(14)17-15(18)16-10-12-5-4-8-20-12/h4-9H,3,10H2,1-2H3,(H2,16,17,18). The van der Waals surface area contributed by atoms with Crippen LogP contribution >= 0.6 is 11.3 Å². The summed E-state index contributed by atoms with van der Waals surface area (Å²) in [5, 5.41) is 7.63. The fourth-order valence-electron chi connectivity index (χ4n) is 1.75. The summed E-state index contributed by atoms with van der Waals surface area (Å²) < 4.78 is 5.53. The summed E-state index contributed by atoms with van der Waals surface area (Å²) in [5.74, 6) is 0.693. The quantitative estimate of drug-likeness (QED) is 0.880. The van der Waals surface area contributed by atoms with Crippen LogP contribution in [0.15, 0.2) is 35.7 Å². The van der Waals surface area contributed by atoms with Gasteiger partial charge in [-0.05, 0) is 43.0 Å². The van der Waals surface area contributed by atoms with E-state index in [0.29, 0.717) is 24.6 Å². The monoisotopic (exact) mass is 290 g/mol. The molecule has 2 amide bonds. The van der Waals surface area contributed by atoms with Crippen molar-refractivity contribution in [2.45, 2.75) is 20.4 Å². The first kappa shape index (κ1) is 14.4. The summed E-state index contributed by atoms with van der Waals surface area (Å²) in [6.07, 6.45) is 0. The second-order valence-corrected chi connectivity index (χ2v) is 5.35. The fraction of sp³-hybridized carbons (Fsp3) is 0.267. The Kier molecular flexibility index (Phi) is 5.01. The minimum Gasteiger partial charge on any atom is -0.492 e. The fourth-order valence-corrected chi connectivity index (χ4v) is 2.40. The van der Waals surface area contributed by atoms with Crippen LogP contribution in [0.4, 0.5) is 10.5 Å². The van der Waals surface area contributed by atoms with Crippen molar-refractivity contribution in [3.05, 3.63) is 46.2 Å². The summed E-state index contributed by atoms with van der Waals surface area (Å²) in [7, 11) is 0. The minimum atomic E-state index is -0.233. The largest absolute Gasteiger partial charge is 0.492 e. The Morgan fingerprint density at radius 1 is 1.35 bits per heavy atom. The number of nitrogens with one attached hydrogen (secondary N) is 2. The van der Waals surface area contributed by atoms with Crippen molar-refractivity contribution in [1.29, 1.82) is 0 Å². The number of amides is 2. The highest BCUT2D eigenvalue weighted by Crippen LogP contribution is 2.25. The van der Waals surface area contributed by atoms with Crippen LogP contribution < -0.4 is 15.4 Å². The molecular weight excluding hydrogens is 272 g/mol. The Balaban J connectivity index is 1.96. The number of urea groups is 1. The van der Waals surface area contributed by atoms with Crippen LogP contribution in [0.1, 0.15) is 17.4 Å². The Morgan fingerprint density at radius 3 is 2.90 bits per heavy atom. The zero-order chi connectivity index (χ0) is 14.4. The first-order valence-corrected chi connectivity index (χ1v) is 7.37. The molecule has 2 rings (SSSR count). The van der Waals surface area contributed by atoms with E-state index in [0.717, 1.165) is 10.4 Å². The van der Waals surface area contributed by atoms with Gasteiger partial charge in [0.15, 0.2) is 0 Å². The van der Waals surface area contributed by atoms with Gasteiger partial charge < -0.3 is 15.4 Å². The molecule has 20 heavy (non-hydrogen) atoms. The molecule has 5 heteroatoms. The predicted octanol–water partition coefficient (Wildman–Crippen LogP) is 3.78. The molecule has 0 fully saturated rings. The lowest BCUT2D eigenvalue weighted by Gasteiger charge is -2.12. The number of rotatable bonds is 5. The lowest BCUT2D eigenvalue weighted by molar-refractivity contribution is 0.251. The molecule has 1 aromatic carbocycles. The van der Waals surface area contributed by atoms with Crippen LogP contribution in [-0.4, -0.2) is 12.6 Å². The average Bonchev–Trinajstić information content (AvgIpc) is 2.93. The van der Waals surface area contributed by atoms with Gasteiger partial charge in [-0.2, -0.15) is 0 Å². The predicted molar refractivity (Wildman–Crippen MR) is 82.5 cm³/mol. The van der Waals surface area contributed by atoms with Gasteiger partial charge in [-0.3, -0.25) is 0 Å². The molecule has 2 aromatic rings. The van der Waals surface area contributed by atoms with Gasteiger partial charge >= 0.3 is 6.03 Å². The zero-order valence-corrected chi connectivity index (χ0v) is 12.4. The Labute approximate surface area is 122 Å². The number of thiophene rings is 1. The highest BCUT2D eigenvalue weighted by molar-refractivity contribution is 7.09. The summed E-state index contributed by atoms with van der Waals surface area (Å²) in [6.45, 7) is 5.00. The third kappa shape index (κ3) is 3.99. The van der Waals surface area contributed by atoms with Gasteiger partial charge in [-0.25, -0.2) is 4.79 Å². The van der Waals surface area contributed by atoms with Crippen molar-refractivity contribution in [3.8, 4) is 5.75 Å². The number of carbonyl (C=O) groups is 1. The molecule has 106 valence electrons. The molecule has 0 bridgehead atoms. The van der Waals surface area contributed by atoms with Crippen molar-refractivity contribution in [2.24, 2.45) is 0 Å². The maximum Gasteiger partial charge on any atom is 0.319 e. The third-order valence-corrected chi connectivity index (χ3v) is 3.56. The highest BCUT2D eigenvalue weighted by Gasteiger charge is 2.08. The molecule has 0 saturated carbocycles. The Morgan fingerprint density at radius 2 is 2.20 bits per heavy atom. The smallest absolute Gasteiger partial charge is 0.319 e. The van der Waals surface area contributed by atoms with Gasteiger partial charge in [0, 0.05) is 4.88 Å². The molecule has 0 saturated heterocycles. The van der Waals surface area contributed by atoms with Crippen molar-refractivity contribution in [1.82, 2.24) is 5.32 Å². The lowest BCUT2D eigenvalue weighted by Crippen LogP contribution is -2.28. The van der Waals surface area contributed by atoms with Gasteiger partial charge in [0.25, 0.3) is 0 Å². The molecule has 2 N–H and O–H groups in total. The molecule has 0 spiro atoms. The molecule has 0 unspecified atom stereocenters. The van der Waals surface area contributed by atoms with E-state index in [9.17, 15) is 4.79 Å². The van der Waals surface area contributed by atoms with E-state index in [4.69, 9.17) is 4.74 Å². The van der Waals surface area contributed by atoms with E-state index in [2.05, 4.69) is 10.6 Å². The zero-order valence-electron chi connectivity index (χ0n) is 11.6. The number of ether oxygens (including phenoxy) is 1. The van der Waals surface area contributed by atoms with Gasteiger partial charge in [-0.1, -0.05) is 12.1 Å². The second-order valence-electron chi connectivity index (χ2n) is 4.32. The Bertz CT molecular complexity index is 567. The van der Waals surface area contributed by atoms with Crippen LogP contribution in [0.3, 0.4) is 0 Å². The second kappa shape index (κ2) is 6.96. The van der Waals surface area contributed by atoms with E-state index in [1.54, 1.807) is 11.3 Å². The number of aryl methyl sites for hydroxylation is 1. The van der Waals surface area contributed by atoms with Crippen molar-refractivity contribution < 1.29 is 9.53 Å². The molecule has 0 atom stereocenters. The maximum absolute atomic E-state index is 11.9. The van der Waals surface area contributed by atoms with E-state index >= 15 is 0 Å². The highest BCUT2D eigenvalue weighted by atomic mass is 32.1. The van der Waals surface area contributed by atoms with Crippen molar-refractivity contribution in [3.63, 3.8) is 0 Å². The lowest BCUT2D eigenvalue weighted by atomic mass is 10.2. The molecule has 1 aromatic heterocycles. The van der Waals surface area contributed by atoms with Gasteiger partial charge in [0.2, 0.25) is 0 Å². The van der Waals surface area contributed by atoms with Crippen molar-refractivity contribution >= 4 is 23.1 Å². The molecular formula is C15H18N2O2S. The molecule has 0 aliphatic carbocycles. The number of hydrogen-bond acceptors (Lipinski definition) is 3. The summed E-state index contributed by atoms with van der Waals surface area (Å²) in [5.41, 5.74) is 1.78. The first-order valence-electron chi connectivity index (χ1n) is 6.49. The summed E-state index contributed by atoms with van der Waals surface area (Å²) >= 11 is 1.62. The van der Waals surface area contributed by atoms with E-state index in [-0.39, 0.29) is 6.03 Å². The Hall–Kier alpha value is -2.01. The van der Waals surface area contributed by atoms with Crippen LogP contribution in [0.25, 0.3) is 0 Å². The van der Waals surface area contributed by atoms with Gasteiger partial charge in [-0.15, -0.1) is 11.3 Å². The van der Waals surface area contributed by atoms with Gasteiger partial charge in [0.1, 0.15) is 5.75 Å². The normalized spacial score (nSPS) is 10.1. The average molecular weight is 290 g/mol. The molecule has 0 aliphatic rings. The van der Waals surface area contributed by atoms with Crippen LogP contribution in [0.2, 0.25) is 0 Å². The molecule has 0 radical (unpaired) electrons. The summed E-state index contributed by atoms with van der Waals surface area (Å²) in [6, 6.07) is 9.43. The van der Waals surface area contributed by atoms with Crippen LogP contribution in [-0.2, 0) is 6.54 Å². The number of benzene rings is 1. The van der Waals surface area contributed by atoms with E-state index < -0.39 is 0 Å². The number of carbonyl (C=O) groups excluding carboxylic acids is 1. The van der Waals surface area contributed by atoms with E-state index in [1.807, 2.05) is 49.6 Å². The summed E-state index contributed by atoms with van der Waals surface area (Å²) in [4.78, 5) is 13.0. The number of anilines is 1. The number of hydrogen-bond donors (Lipinski definition) is 2. The van der Waals surface area contributed by atoms with Crippen LogP contribution in [0, 0.1) is 6.92 Å². The minimum absolute atomic E-state index is 0.233. The van der Waals surface area contributed by atoms with E-state index in [1.165, 1.54) is 0 Å². The van der Waals surface area contributed by atoms with Gasteiger partial charge in [0.05, 0.1) is 18.8 Å².